The number of methoxy groups -OCH3 is 1. The van der Waals surface area contributed by atoms with Crippen LogP contribution in [0.5, 0.6) is 0 Å². The first-order valence-corrected chi connectivity index (χ1v) is 6.85. The van der Waals surface area contributed by atoms with Crippen LogP contribution in [0.1, 0.15) is 52.9 Å². The number of ether oxygens (including phenoxy) is 1. The summed E-state index contributed by atoms with van der Waals surface area (Å²) in [6.07, 6.45) is 4.32. The van der Waals surface area contributed by atoms with Crippen LogP contribution in [-0.4, -0.2) is 36.4 Å². The van der Waals surface area contributed by atoms with Gasteiger partial charge in [-0.25, -0.2) is 0 Å². The number of hydrogen-bond acceptors (Lipinski definition) is 4. The van der Waals surface area contributed by atoms with Crippen LogP contribution in [0, 0.1) is 5.41 Å². The normalized spacial score (nSPS) is 23.4. The molecule has 0 aromatic carbocycles. The zero-order valence-corrected chi connectivity index (χ0v) is 12.1. The van der Waals surface area contributed by atoms with Crippen molar-refractivity contribution >= 4 is 5.97 Å². The van der Waals surface area contributed by atoms with Gasteiger partial charge in [-0.2, -0.15) is 0 Å². The minimum atomic E-state index is -0.670. The molecule has 0 heterocycles. The smallest absolute Gasteiger partial charge is 0.322 e. The van der Waals surface area contributed by atoms with Gasteiger partial charge in [0, 0.05) is 6.54 Å². The topological polar surface area (TPSA) is 58.6 Å². The fraction of sp³-hybridized carbons (Fsp3) is 0.929. The van der Waals surface area contributed by atoms with Crippen LogP contribution in [-0.2, 0) is 9.53 Å². The molecule has 0 spiro atoms. The van der Waals surface area contributed by atoms with E-state index in [4.69, 9.17) is 4.74 Å². The van der Waals surface area contributed by atoms with Gasteiger partial charge in [0.25, 0.3) is 0 Å². The first kappa shape index (κ1) is 15.4. The molecule has 0 radical (unpaired) electrons. The number of carbonyl (C=O) groups is 1. The molecule has 1 aliphatic carbocycles. The Hall–Kier alpha value is -0.610. The summed E-state index contributed by atoms with van der Waals surface area (Å²) in [5.41, 5.74) is -0.338. The second kappa shape index (κ2) is 6.02. The Morgan fingerprint density at radius 3 is 2.33 bits per heavy atom. The maximum Gasteiger partial charge on any atom is 0.322 e. The summed E-state index contributed by atoms with van der Waals surface area (Å²) in [6, 6.07) is -0.311. The number of rotatable bonds is 5. The number of esters is 1. The van der Waals surface area contributed by atoms with Gasteiger partial charge in [0.05, 0.1) is 12.7 Å². The number of aliphatic hydroxyl groups is 1. The summed E-state index contributed by atoms with van der Waals surface area (Å²) in [5.74, 6) is -0.253. The SMILES string of the molecule is CCC(NCC1(O)CCC(C)(C)CC1)C(=O)OC. The van der Waals surface area contributed by atoms with Crippen molar-refractivity contribution in [1.82, 2.24) is 5.32 Å². The van der Waals surface area contributed by atoms with Crippen molar-refractivity contribution in [2.24, 2.45) is 5.41 Å². The molecule has 0 amide bonds. The van der Waals surface area contributed by atoms with Crippen molar-refractivity contribution in [2.75, 3.05) is 13.7 Å². The van der Waals surface area contributed by atoms with Gasteiger partial charge < -0.3 is 15.2 Å². The Morgan fingerprint density at radius 2 is 1.89 bits per heavy atom. The molecule has 1 fully saturated rings. The van der Waals surface area contributed by atoms with Gasteiger partial charge in [-0.1, -0.05) is 20.8 Å². The van der Waals surface area contributed by atoms with Crippen LogP contribution in [0.4, 0.5) is 0 Å². The van der Waals surface area contributed by atoms with Crippen molar-refractivity contribution in [3.8, 4) is 0 Å². The minimum Gasteiger partial charge on any atom is -0.468 e. The molecular formula is C14H27NO3. The van der Waals surface area contributed by atoms with Crippen LogP contribution in [0.2, 0.25) is 0 Å². The largest absolute Gasteiger partial charge is 0.468 e. The van der Waals surface area contributed by atoms with Crippen molar-refractivity contribution in [2.45, 2.75) is 64.5 Å². The summed E-state index contributed by atoms with van der Waals surface area (Å²) < 4.78 is 4.73. The Morgan fingerprint density at radius 1 is 1.33 bits per heavy atom. The molecule has 1 aliphatic rings. The molecule has 0 aromatic rings. The molecule has 1 saturated carbocycles. The molecule has 4 nitrogen and oxygen atoms in total. The van der Waals surface area contributed by atoms with E-state index in [0.29, 0.717) is 18.4 Å². The molecule has 1 unspecified atom stereocenters. The predicted molar refractivity (Wildman–Crippen MR) is 71.3 cm³/mol. The highest BCUT2D eigenvalue weighted by atomic mass is 16.5. The number of carbonyl (C=O) groups excluding carboxylic acids is 1. The molecule has 2 N–H and O–H groups in total. The maximum atomic E-state index is 11.5. The highest BCUT2D eigenvalue weighted by Crippen LogP contribution is 2.39. The predicted octanol–water partition coefficient (Wildman–Crippen LogP) is 1.86. The van der Waals surface area contributed by atoms with Crippen LogP contribution < -0.4 is 5.32 Å². The zero-order chi connectivity index (χ0) is 13.8. The molecule has 18 heavy (non-hydrogen) atoms. The zero-order valence-electron chi connectivity index (χ0n) is 12.1. The Kier molecular flexibility index (Phi) is 5.17. The van der Waals surface area contributed by atoms with Crippen LogP contribution in [0.3, 0.4) is 0 Å². The standard InChI is InChI=1S/C14H27NO3/c1-5-11(12(16)18-4)15-10-14(17)8-6-13(2,3)7-9-14/h11,15,17H,5-10H2,1-4H3. The van der Waals surface area contributed by atoms with Crippen LogP contribution in [0.25, 0.3) is 0 Å². The van der Waals surface area contributed by atoms with E-state index in [0.717, 1.165) is 25.7 Å². The third kappa shape index (κ3) is 4.25. The van der Waals surface area contributed by atoms with E-state index < -0.39 is 5.60 Å². The molecule has 0 bridgehead atoms. The average molecular weight is 257 g/mol. The van der Waals surface area contributed by atoms with Gasteiger partial charge >= 0.3 is 5.97 Å². The summed E-state index contributed by atoms with van der Waals surface area (Å²) in [4.78, 5) is 11.5. The fourth-order valence-corrected chi connectivity index (χ4v) is 2.42. The highest BCUT2D eigenvalue weighted by Gasteiger charge is 2.37. The lowest BCUT2D eigenvalue weighted by Gasteiger charge is -2.40. The summed E-state index contributed by atoms with van der Waals surface area (Å²) >= 11 is 0. The molecular weight excluding hydrogens is 230 g/mol. The quantitative estimate of drug-likeness (QED) is 0.738. The summed E-state index contributed by atoms with van der Waals surface area (Å²) in [5, 5.41) is 13.6. The third-order valence-electron chi connectivity index (χ3n) is 4.11. The van der Waals surface area contributed by atoms with Gasteiger partial charge in [0.1, 0.15) is 6.04 Å². The van der Waals surface area contributed by atoms with E-state index in [1.54, 1.807) is 0 Å². The fourth-order valence-electron chi connectivity index (χ4n) is 2.42. The van der Waals surface area contributed by atoms with Crippen molar-refractivity contribution in [3.63, 3.8) is 0 Å². The van der Waals surface area contributed by atoms with E-state index in [1.807, 2.05) is 6.92 Å². The van der Waals surface area contributed by atoms with Gasteiger partial charge in [-0.05, 0) is 37.5 Å². The Bertz CT molecular complexity index is 279. The number of hydrogen-bond donors (Lipinski definition) is 2. The second-order valence-corrected chi connectivity index (χ2v) is 6.25. The van der Waals surface area contributed by atoms with Crippen molar-refractivity contribution < 1.29 is 14.6 Å². The lowest BCUT2D eigenvalue weighted by Crippen LogP contribution is -2.49. The molecule has 4 heteroatoms. The van der Waals surface area contributed by atoms with E-state index in [-0.39, 0.29) is 12.0 Å². The van der Waals surface area contributed by atoms with Gasteiger partial charge in [-0.3, -0.25) is 4.79 Å². The first-order chi connectivity index (χ1) is 8.32. The molecule has 106 valence electrons. The molecule has 0 saturated heterocycles. The first-order valence-electron chi connectivity index (χ1n) is 6.85. The minimum absolute atomic E-state index is 0.253. The van der Waals surface area contributed by atoms with E-state index >= 15 is 0 Å². The molecule has 0 aliphatic heterocycles. The Labute approximate surface area is 110 Å². The van der Waals surface area contributed by atoms with Gasteiger partial charge in [0.2, 0.25) is 0 Å². The number of nitrogens with one attached hydrogen (secondary N) is 1. The highest BCUT2D eigenvalue weighted by molar-refractivity contribution is 5.75. The summed E-state index contributed by atoms with van der Waals surface area (Å²) in [6.45, 7) is 6.88. The van der Waals surface area contributed by atoms with Gasteiger partial charge in [0.15, 0.2) is 0 Å². The molecule has 1 atom stereocenters. The van der Waals surface area contributed by atoms with E-state index in [9.17, 15) is 9.90 Å². The van der Waals surface area contributed by atoms with Gasteiger partial charge in [-0.15, -0.1) is 0 Å². The third-order valence-corrected chi connectivity index (χ3v) is 4.11. The van der Waals surface area contributed by atoms with Crippen LogP contribution >= 0.6 is 0 Å². The monoisotopic (exact) mass is 257 g/mol. The lowest BCUT2D eigenvalue weighted by atomic mass is 9.71. The second-order valence-electron chi connectivity index (χ2n) is 6.25. The molecule has 0 aromatic heterocycles. The lowest BCUT2D eigenvalue weighted by molar-refractivity contribution is -0.143. The Balaban J connectivity index is 2.45. The van der Waals surface area contributed by atoms with Crippen molar-refractivity contribution in [3.05, 3.63) is 0 Å². The maximum absolute atomic E-state index is 11.5. The van der Waals surface area contributed by atoms with E-state index in [1.165, 1.54) is 7.11 Å². The van der Waals surface area contributed by atoms with Crippen molar-refractivity contribution in [1.29, 1.82) is 0 Å². The average Bonchev–Trinajstić information content (AvgIpc) is 2.34. The summed E-state index contributed by atoms with van der Waals surface area (Å²) in [7, 11) is 1.39. The molecule has 1 rings (SSSR count). The van der Waals surface area contributed by atoms with Crippen LogP contribution in [0.15, 0.2) is 0 Å². The van der Waals surface area contributed by atoms with E-state index in [2.05, 4.69) is 19.2 Å².